The summed E-state index contributed by atoms with van der Waals surface area (Å²) in [7, 11) is 1.37. The third kappa shape index (κ3) is 3.65. The molecule has 1 aliphatic carbocycles. The second-order valence-corrected chi connectivity index (χ2v) is 5.82. The molecule has 1 heterocycles. The standard InChI is InChI=1S/C13H16F4N4O3/c1-20-10(9(7-18-20)21(23)24)12(14)5-2-3-8(4-6-12)19-11(22)13(15,16)17/h7-8H,2-6H2,1H3,(H,19,22). The Morgan fingerprint density at radius 3 is 2.71 bits per heavy atom. The van der Waals surface area contributed by atoms with E-state index in [9.17, 15) is 28.1 Å². The zero-order chi connectivity index (χ0) is 18.1. The minimum absolute atomic E-state index is 0.0549. The summed E-state index contributed by atoms with van der Waals surface area (Å²) in [6, 6.07) is -0.830. The Hall–Kier alpha value is -2.20. The number of hydrogen-bond acceptors (Lipinski definition) is 4. The van der Waals surface area contributed by atoms with Crippen LogP contribution in [0, 0.1) is 10.1 Å². The maximum absolute atomic E-state index is 15.3. The molecule has 1 amide bonds. The van der Waals surface area contributed by atoms with Crippen molar-refractivity contribution >= 4 is 11.6 Å². The summed E-state index contributed by atoms with van der Waals surface area (Å²) in [5, 5.41) is 16.6. The van der Waals surface area contributed by atoms with Crippen LogP contribution in [-0.4, -0.2) is 32.8 Å². The number of aromatic nitrogens is 2. The van der Waals surface area contributed by atoms with Crippen molar-refractivity contribution < 1.29 is 27.3 Å². The van der Waals surface area contributed by atoms with E-state index in [4.69, 9.17) is 0 Å². The Bertz CT molecular complexity index is 646. The summed E-state index contributed by atoms with van der Waals surface area (Å²) in [5.74, 6) is -2.06. The number of carbonyl (C=O) groups excluding carboxylic acids is 1. The normalized spacial score (nSPS) is 25.1. The molecule has 0 aliphatic heterocycles. The highest BCUT2D eigenvalue weighted by Gasteiger charge is 2.44. The van der Waals surface area contributed by atoms with Crippen molar-refractivity contribution in [2.75, 3.05) is 0 Å². The first kappa shape index (κ1) is 18.1. The Kier molecular flexibility index (Phi) is 4.81. The molecule has 11 heteroatoms. The molecule has 1 fully saturated rings. The first-order valence-corrected chi connectivity index (χ1v) is 7.28. The average molecular weight is 352 g/mol. The van der Waals surface area contributed by atoms with Crippen LogP contribution in [0.1, 0.15) is 37.8 Å². The van der Waals surface area contributed by atoms with E-state index in [1.54, 1.807) is 0 Å². The van der Waals surface area contributed by atoms with E-state index in [1.807, 2.05) is 5.32 Å². The lowest BCUT2D eigenvalue weighted by Gasteiger charge is -2.23. The molecule has 0 bridgehead atoms. The zero-order valence-electron chi connectivity index (χ0n) is 12.8. The Morgan fingerprint density at radius 1 is 1.46 bits per heavy atom. The van der Waals surface area contributed by atoms with Crippen molar-refractivity contribution in [1.29, 1.82) is 0 Å². The van der Waals surface area contributed by atoms with Crippen LogP contribution in [-0.2, 0) is 17.5 Å². The number of halogens is 4. The third-order valence-electron chi connectivity index (χ3n) is 4.15. The number of alkyl halides is 4. The zero-order valence-corrected chi connectivity index (χ0v) is 12.8. The van der Waals surface area contributed by atoms with Gasteiger partial charge >= 0.3 is 17.8 Å². The number of nitro groups is 1. The van der Waals surface area contributed by atoms with Gasteiger partial charge in [0.25, 0.3) is 0 Å². The van der Waals surface area contributed by atoms with E-state index in [1.165, 1.54) is 7.05 Å². The molecule has 1 aromatic heterocycles. The van der Waals surface area contributed by atoms with E-state index in [0.29, 0.717) is 0 Å². The predicted octanol–water partition coefficient (Wildman–Crippen LogP) is 2.50. The van der Waals surface area contributed by atoms with E-state index >= 15 is 4.39 Å². The minimum atomic E-state index is -5.00. The molecule has 0 saturated heterocycles. The van der Waals surface area contributed by atoms with Gasteiger partial charge in [0.1, 0.15) is 6.20 Å². The number of amides is 1. The van der Waals surface area contributed by atoms with Gasteiger partial charge < -0.3 is 5.32 Å². The molecule has 1 aliphatic rings. The molecule has 24 heavy (non-hydrogen) atoms. The van der Waals surface area contributed by atoms with Crippen LogP contribution in [0.4, 0.5) is 23.2 Å². The molecule has 2 rings (SSSR count). The summed E-state index contributed by atoms with van der Waals surface area (Å²) in [6.45, 7) is 0. The van der Waals surface area contributed by atoms with E-state index in [2.05, 4.69) is 5.10 Å². The Balaban J connectivity index is 2.17. The maximum Gasteiger partial charge on any atom is 0.471 e. The second kappa shape index (κ2) is 6.36. The number of carbonyl (C=O) groups is 1. The van der Waals surface area contributed by atoms with Gasteiger partial charge in [-0.15, -0.1) is 0 Å². The summed E-state index contributed by atoms with van der Waals surface area (Å²) in [6.07, 6.45) is -4.09. The van der Waals surface area contributed by atoms with Crippen LogP contribution in [0.25, 0.3) is 0 Å². The summed E-state index contributed by atoms with van der Waals surface area (Å²) < 4.78 is 53.3. The summed E-state index contributed by atoms with van der Waals surface area (Å²) in [5.41, 5.74) is -2.74. The van der Waals surface area contributed by atoms with Crippen molar-refractivity contribution in [3.8, 4) is 0 Å². The van der Waals surface area contributed by atoms with E-state index < -0.39 is 34.4 Å². The highest BCUT2D eigenvalue weighted by Crippen LogP contribution is 2.43. The quantitative estimate of drug-likeness (QED) is 0.392. The van der Waals surface area contributed by atoms with Gasteiger partial charge in [0.2, 0.25) is 0 Å². The largest absolute Gasteiger partial charge is 0.471 e. The summed E-state index contributed by atoms with van der Waals surface area (Å²) in [4.78, 5) is 21.3. The van der Waals surface area contributed by atoms with Crippen molar-refractivity contribution in [1.82, 2.24) is 15.1 Å². The number of nitrogens with zero attached hydrogens (tertiary/aromatic N) is 3. The molecule has 0 spiro atoms. The minimum Gasteiger partial charge on any atom is -0.346 e. The number of rotatable bonds is 3. The molecule has 2 unspecified atom stereocenters. The fourth-order valence-electron chi connectivity index (χ4n) is 3.03. The number of aryl methyl sites for hydroxylation is 1. The van der Waals surface area contributed by atoms with Crippen LogP contribution in [0.3, 0.4) is 0 Å². The van der Waals surface area contributed by atoms with Crippen LogP contribution in [0.5, 0.6) is 0 Å². The van der Waals surface area contributed by atoms with Crippen LogP contribution in [0.15, 0.2) is 6.20 Å². The van der Waals surface area contributed by atoms with Crippen molar-refractivity contribution in [2.24, 2.45) is 7.05 Å². The number of nitrogens with one attached hydrogen (secondary N) is 1. The molecule has 2 atom stereocenters. The fraction of sp³-hybridized carbons (Fsp3) is 0.692. The molecular formula is C13H16F4N4O3. The Morgan fingerprint density at radius 2 is 2.12 bits per heavy atom. The van der Waals surface area contributed by atoms with Crippen LogP contribution < -0.4 is 5.32 Å². The molecule has 1 aromatic rings. The molecule has 7 nitrogen and oxygen atoms in total. The van der Waals surface area contributed by atoms with Gasteiger partial charge in [0, 0.05) is 13.1 Å². The van der Waals surface area contributed by atoms with Gasteiger partial charge in [-0.05, 0) is 32.1 Å². The highest BCUT2D eigenvalue weighted by atomic mass is 19.4. The first-order chi connectivity index (χ1) is 11.0. The highest BCUT2D eigenvalue weighted by molar-refractivity contribution is 5.81. The lowest BCUT2D eigenvalue weighted by molar-refractivity contribution is -0.386. The lowest BCUT2D eigenvalue weighted by atomic mass is 9.91. The van der Waals surface area contributed by atoms with Crippen LogP contribution >= 0.6 is 0 Å². The predicted molar refractivity (Wildman–Crippen MR) is 73.7 cm³/mol. The van der Waals surface area contributed by atoms with Crippen LogP contribution in [0.2, 0.25) is 0 Å². The smallest absolute Gasteiger partial charge is 0.346 e. The lowest BCUT2D eigenvalue weighted by Crippen LogP contribution is -2.43. The topological polar surface area (TPSA) is 90.1 Å². The molecule has 0 radical (unpaired) electrons. The monoisotopic (exact) mass is 352 g/mol. The third-order valence-corrected chi connectivity index (χ3v) is 4.15. The number of hydrogen-bond donors (Lipinski definition) is 1. The fourth-order valence-corrected chi connectivity index (χ4v) is 3.03. The van der Waals surface area contributed by atoms with Crippen molar-refractivity contribution in [3.63, 3.8) is 0 Å². The summed E-state index contributed by atoms with van der Waals surface area (Å²) >= 11 is 0. The van der Waals surface area contributed by atoms with E-state index in [-0.39, 0.29) is 37.8 Å². The van der Waals surface area contributed by atoms with Gasteiger partial charge in [-0.1, -0.05) is 0 Å². The SMILES string of the molecule is Cn1ncc([N+](=O)[O-])c1C1(F)CCCC(NC(=O)C(F)(F)F)CC1. The molecule has 134 valence electrons. The molecule has 0 aromatic carbocycles. The Labute approximate surface area is 134 Å². The first-order valence-electron chi connectivity index (χ1n) is 7.28. The van der Waals surface area contributed by atoms with Gasteiger partial charge in [-0.2, -0.15) is 18.3 Å². The van der Waals surface area contributed by atoms with Crippen molar-refractivity contribution in [3.05, 3.63) is 22.0 Å². The van der Waals surface area contributed by atoms with Gasteiger partial charge in [-0.25, -0.2) is 4.39 Å². The maximum atomic E-state index is 15.3. The average Bonchev–Trinajstić information content (AvgIpc) is 2.76. The van der Waals surface area contributed by atoms with Gasteiger partial charge in [0.15, 0.2) is 11.4 Å². The van der Waals surface area contributed by atoms with Gasteiger partial charge in [0.05, 0.1) is 4.92 Å². The molecule has 1 saturated carbocycles. The second-order valence-electron chi connectivity index (χ2n) is 5.82. The van der Waals surface area contributed by atoms with Gasteiger partial charge in [-0.3, -0.25) is 19.6 Å². The van der Waals surface area contributed by atoms with E-state index in [0.717, 1.165) is 10.9 Å². The van der Waals surface area contributed by atoms with Crippen molar-refractivity contribution in [2.45, 2.75) is 50.0 Å². The molecule has 1 N–H and O–H groups in total. The molecular weight excluding hydrogens is 336 g/mol.